The number of hydrogen-bond donors (Lipinski definition) is 1. The van der Waals surface area contributed by atoms with Gasteiger partial charge in [0.05, 0.1) is 12.3 Å². The molecule has 3 saturated carbocycles. The molecule has 8 nitrogen and oxygen atoms in total. The van der Waals surface area contributed by atoms with Gasteiger partial charge in [-0.25, -0.2) is 0 Å². The molecule has 8 atom stereocenters. The molecule has 0 radical (unpaired) electrons. The van der Waals surface area contributed by atoms with E-state index in [1.54, 1.807) is 7.11 Å². The quantitative estimate of drug-likeness (QED) is 0.326. The maximum Gasteiger partial charge on any atom is 0.200 e. The Morgan fingerprint density at radius 1 is 1.20 bits per heavy atom. The van der Waals surface area contributed by atoms with E-state index in [1.165, 1.54) is 11.1 Å². The predicted molar refractivity (Wildman–Crippen MR) is 129 cm³/mol. The van der Waals surface area contributed by atoms with Crippen LogP contribution >= 0.6 is 12.9 Å². The number of methoxy groups -OCH3 is 1. The number of rotatable bonds is 7. The highest BCUT2D eigenvalue weighted by atomic mass is 32.1. The van der Waals surface area contributed by atoms with Gasteiger partial charge in [-0.2, -0.15) is 0 Å². The van der Waals surface area contributed by atoms with E-state index in [2.05, 4.69) is 38.0 Å². The summed E-state index contributed by atoms with van der Waals surface area (Å²) in [6.07, 6.45) is 10.5. The van der Waals surface area contributed by atoms with Gasteiger partial charge in [-0.3, -0.25) is 4.18 Å². The van der Waals surface area contributed by atoms with Crippen LogP contribution in [0.4, 0.5) is 0 Å². The number of fused-ring (bicyclic) bond motifs is 6. The van der Waals surface area contributed by atoms with Gasteiger partial charge >= 0.3 is 0 Å². The molecule has 1 aromatic heterocycles. The van der Waals surface area contributed by atoms with Gasteiger partial charge in [0.15, 0.2) is 25.1 Å². The van der Waals surface area contributed by atoms with E-state index < -0.39 is 5.79 Å². The Hall–Kier alpha value is -0.940. The molecule has 0 amide bonds. The van der Waals surface area contributed by atoms with E-state index in [9.17, 15) is 0 Å². The normalized spacial score (nSPS) is 44.3. The zero-order chi connectivity index (χ0) is 24.3. The molecule has 4 fully saturated rings. The van der Waals surface area contributed by atoms with Gasteiger partial charge in [0, 0.05) is 18.6 Å². The van der Waals surface area contributed by atoms with E-state index in [1.807, 2.05) is 6.20 Å². The fraction of sp³-hybridized carbons (Fsp3) is 0.808. The lowest BCUT2D eigenvalue weighted by molar-refractivity contribution is -0.282. The Morgan fingerprint density at radius 2 is 2.09 bits per heavy atom. The molecule has 2 heterocycles. The van der Waals surface area contributed by atoms with Crippen LogP contribution in [0.3, 0.4) is 0 Å². The summed E-state index contributed by atoms with van der Waals surface area (Å²) < 4.78 is 40.6. The third kappa shape index (κ3) is 3.68. The fourth-order valence-electron chi connectivity index (χ4n) is 8.89. The minimum Gasteiger partial charge on any atom is -0.359 e. The molecule has 1 aliphatic heterocycles. The average Bonchev–Trinajstić information content (AvgIpc) is 3.57. The van der Waals surface area contributed by atoms with Crippen LogP contribution in [0.1, 0.15) is 57.3 Å². The zero-order valence-electron chi connectivity index (χ0n) is 20.9. The maximum atomic E-state index is 6.55. The van der Waals surface area contributed by atoms with Crippen molar-refractivity contribution in [3.05, 3.63) is 23.1 Å². The van der Waals surface area contributed by atoms with Crippen LogP contribution in [0.2, 0.25) is 0 Å². The smallest absolute Gasteiger partial charge is 0.200 e. The van der Waals surface area contributed by atoms with Gasteiger partial charge in [-0.05, 0) is 86.1 Å². The van der Waals surface area contributed by atoms with Crippen LogP contribution in [0.25, 0.3) is 6.08 Å². The van der Waals surface area contributed by atoms with Crippen molar-refractivity contribution in [2.45, 2.75) is 64.3 Å². The highest BCUT2D eigenvalue weighted by Gasteiger charge is 2.67. The van der Waals surface area contributed by atoms with Crippen molar-refractivity contribution < 1.29 is 32.4 Å². The van der Waals surface area contributed by atoms with E-state index in [4.69, 9.17) is 32.4 Å². The van der Waals surface area contributed by atoms with Crippen molar-refractivity contribution in [3.8, 4) is 0 Å². The molecule has 5 aliphatic rings. The number of allylic oxidation sites excluding steroid dienone is 1. The lowest BCUT2D eigenvalue weighted by atomic mass is 9.45. The minimum atomic E-state index is -0.809. The molecular formula is C26H37NO7S. The molecule has 4 aliphatic carbocycles. The van der Waals surface area contributed by atoms with Gasteiger partial charge in [0.1, 0.15) is 13.4 Å². The number of ether oxygens (including phenoxy) is 5. The summed E-state index contributed by atoms with van der Waals surface area (Å²) in [6, 6.07) is 0. The molecule has 1 aromatic rings. The van der Waals surface area contributed by atoms with Crippen LogP contribution in [0.15, 0.2) is 16.3 Å². The van der Waals surface area contributed by atoms with E-state index in [-0.39, 0.29) is 36.4 Å². The first-order valence-corrected chi connectivity index (χ1v) is 13.2. The molecule has 0 spiro atoms. The van der Waals surface area contributed by atoms with E-state index >= 15 is 0 Å². The second kappa shape index (κ2) is 9.11. The second-order valence-electron chi connectivity index (χ2n) is 11.6. The predicted octanol–water partition coefficient (Wildman–Crippen LogP) is 4.61. The first kappa shape index (κ1) is 24.4. The molecular weight excluding hydrogens is 470 g/mol. The summed E-state index contributed by atoms with van der Waals surface area (Å²) in [4.78, 5) is 0. The Kier molecular flexibility index (Phi) is 6.35. The monoisotopic (exact) mass is 507 g/mol. The summed E-state index contributed by atoms with van der Waals surface area (Å²) in [5.41, 5.74) is 2.68. The first-order valence-electron chi connectivity index (χ1n) is 12.8. The Morgan fingerprint density at radius 3 is 2.86 bits per heavy atom. The van der Waals surface area contributed by atoms with Crippen LogP contribution in [-0.4, -0.2) is 51.1 Å². The van der Waals surface area contributed by atoms with Gasteiger partial charge in [-0.15, -0.1) is 0 Å². The number of nitrogens with zero attached hydrogens (tertiary/aromatic N) is 1. The van der Waals surface area contributed by atoms with Gasteiger partial charge in [-0.1, -0.05) is 24.6 Å². The second-order valence-corrected chi connectivity index (χ2v) is 11.8. The van der Waals surface area contributed by atoms with Crippen molar-refractivity contribution in [3.63, 3.8) is 0 Å². The Balaban J connectivity index is 1.37. The molecule has 1 saturated heterocycles. The number of thiol groups is 1. The molecule has 194 valence electrons. The van der Waals surface area contributed by atoms with Crippen molar-refractivity contribution in [1.82, 2.24) is 5.16 Å². The van der Waals surface area contributed by atoms with Gasteiger partial charge in [0.25, 0.3) is 0 Å². The molecule has 0 N–H and O–H groups in total. The third-order valence-corrected chi connectivity index (χ3v) is 10.3. The summed E-state index contributed by atoms with van der Waals surface area (Å²) in [5, 5.41) is 4.09. The largest absolute Gasteiger partial charge is 0.359 e. The third-order valence-electron chi connectivity index (χ3n) is 10.2. The number of hydrogen-bond acceptors (Lipinski definition) is 9. The fourth-order valence-corrected chi connectivity index (χ4v) is 8.95. The van der Waals surface area contributed by atoms with E-state index in [0.29, 0.717) is 31.2 Å². The van der Waals surface area contributed by atoms with Crippen LogP contribution in [0, 0.1) is 34.5 Å². The van der Waals surface area contributed by atoms with Crippen LogP contribution in [-0.2, 0) is 34.3 Å². The lowest BCUT2D eigenvalue weighted by Gasteiger charge is -2.61. The first-order chi connectivity index (χ1) is 16.9. The van der Waals surface area contributed by atoms with Gasteiger partial charge < -0.3 is 28.2 Å². The standard InChI is InChI=1S/C26H37NO7S/c1-24-9-16-11-27-34-20(16)8-17(24)4-5-18-19-6-7-22(26(32-15-33-35)12-29-14-31-26)25(19,2)10-21(23(18)24)30-13-28-3/h8,11,18-19,21-23,35H,4-7,9-10,12-15H2,1-3H3. The highest BCUT2D eigenvalue weighted by Crippen LogP contribution is 2.68. The van der Waals surface area contributed by atoms with Gasteiger partial charge in [0.2, 0.25) is 0 Å². The summed E-state index contributed by atoms with van der Waals surface area (Å²) in [7, 11) is 1.70. The summed E-state index contributed by atoms with van der Waals surface area (Å²) in [5.74, 6) is 1.80. The Labute approximate surface area is 212 Å². The summed E-state index contributed by atoms with van der Waals surface area (Å²) >= 11 is 3.90. The molecule has 8 unspecified atom stereocenters. The molecule has 0 bridgehead atoms. The van der Waals surface area contributed by atoms with Crippen molar-refractivity contribution in [2.24, 2.45) is 34.5 Å². The van der Waals surface area contributed by atoms with Crippen molar-refractivity contribution >= 4 is 19.0 Å². The molecule has 9 heteroatoms. The summed E-state index contributed by atoms with van der Waals surface area (Å²) in [6.45, 7) is 5.87. The zero-order valence-corrected chi connectivity index (χ0v) is 21.8. The van der Waals surface area contributed by atoms with Crippen molar-refractivity contribution in [1.29, 1.82) is 0 Å². The topological polar surface area (TPSA) is 81.4 Å². The lowest BCUT2D eigenvalue weighted by Crippen LogP contribution is -2.60. The minimum absolute atomic E-state index is 0.0142. The molecule has 6 rings (SSSR count). The highest BCUT2D eigenvalue weighted by molar-refractivity contribution is 7.75. The molecule has 0 aromatic carbocycles. The SMILES string of the molecule is COCOC1CC2(C)C(CCC2C2(OCOS)COCO2)C2CCC3=Cc4oncc4CC3(C)C12. The average molecular weight is 508 g/mol. The van der Waals surface area contributed by atoms with Crippen LogP contribution in [0.5, 0.6) is 0 Å². The van der Waals surface area contributed by atoms with Crippen molar-refractivity contribution in [2.75, 3.05) is 34.1 Å². The number of aromatic nitrogens is 1. The maximum absolute atomic E-state index is 6.55. The van der Waals surface area contributed by atoms with Crippen LogP contribution < -0.4 is 0 Å². The molecule has 35 heavy (non-hydrogen) atoms. The van der Waals surface area contributed by atoms with E-state index in [0.717, 1.165) is 44.3 Å². The Bertz CT molecular complexity index is 961.